The summed E-state index contributed by atoms with van der Waals surface area (Å²) in [5, 5.41) is 3.10. The Morgan fingerprint density at radius 2 is 2.12 bits per heavy atom. The van der Waals surface area contributed by atoms with Crippen molar-refractivity contribution < 1.29 is 18.3 Å². The van der Waals surface area contributed by atoms with Gasteiger partial charge in [-0.25, -0.2) is 4.79 Å². The van der Waals surface area contributed by atoms with Crippen LogP contribution in [0.3, 0.4) is 0 Å². The van der Waals surface area contributed by atoms with Crippen molar-refractivity contribution in [3.05, 3.63) is 51.5 Å². The summed E-state index contributed by atoms with van der Waals surface area (Å²) in [6.07, 6.45) is 0. The third kappa shape index (κ3) is 3.50. The highest BCUT2D eigenvalue weighted by molar-refractivity contribution is 9.10. The third-order valence-electron chi connectivity index (χ3n) is 3.79. The van der Waals surface area contributed by atoms with Crippen LogP contribution >= 0.6 is 27.5 Å². The second-order valence-electron chi connectivity index (χ2n) is 5.31. The first kappa shape index (κ1) is 17.8. The molecule has 1 fully saturated rings. The van der Waals surface area contributed by atoms with Gasteiger partial charge in [0, 0.05) is 21.6 Å². The van der Waals surface area contributed by atoms with E-state index in [1.165, 1.54) is 11.0 Å². The standard InChI is InChI=1S/C16H13BrClF2N3O2/c17-9-2-1-3-13(25-15(19)20)14(9)12-7-22-16(24)23(12)11-6-8(18)4-5-10(11)21/h1-6,12,15H,7,21H2,(H,22,24). The van der Waals surface area contributed by atoms with Crippen LogP contribution in [-0.2, 0) is 0 Å². The first-order valence-electron chi connectivity index (χ1n) is 7.23. The molecule has 9 heteroatoms. The van der Waals surface area contributed by atoms with Crippen molar-refractivity contribution in [1.82, 2.24) is 5.32 Å². The molecule has 0 saturated carbocycles. The van der Waals surface area contributed by atoms with Gasteiger partial charge < -0.3 is 15.8 Å². The number of halogens is 4. The van der Waals surface area contributed by atoms with E-state index in [2.05, 4.69) is 26.0 Å². The van der Waals surface area contributed by atoms with Crippen LogP contribution in [0.1, 0.15) is 11.6 Å². The molecule has 2 amide bonds. The molecule has 3 rings (SSSR count). The number of hydrogen-bond donors (Lipinski definition) is 2. The summed E-state index contributed by atoms with van der Waals surface area (Å²) in [5.41, 5.74) is 7.14. The number of nitrogens with one attached hydrogen (secondary N) is 1. The van der Waals surface area contributed by atoms with Crippen LogP contribution in [0.4, 0.5) is 25.0 Å². The van der Waals surface area contributed by atoms with Crippen molar-refractivity contribution >= 4 is 44.9 Å². The summed E-state index contributed by atoms with van der Waals surface area (Å²) in [5.74, 6) is -0.0172. The van der Waals surface area contributed by atoms with E-state index in [1.807, 2.05) is 0 Å². The smallest absolute Gasteiger partial charge is 0.387 e. The Labute approximate surface area is 155 Å². The van der Waals surface area contributed by atoms with Gasteiger partial charge in [0.05, 0.1) is 17.4 Å². The molecule has 3 N–H and O–H groups in total. The van der Waals surface area contributed by atoms with Gasteiger partial charge in [0.25, 0.3) is 0 Å². The lowest BCUT2D eigenvalue weighted by Crippen LogP contribution is -2.30. The average Bonchev–Trinajstić information content (AvgIpc) is 2.90. The second-order valence-corrected chi connectivity index (χ2v) is 6.60. The molecular formula is C16H13BrClF2N3O2. The first-order chi connectivity index (χ1) is 11.9. The van der Waals surface area contributed by atoms with Crippen molar-refractivity contribution in [2.45, 2.75) is 12.7 Å². The molecule has 2 aromatic rings. The van der Waals surface area contributed by atoms with Crippen LogP contribution in [0.15, 0.2) is 40.9 Å². The predicted molar refractivity (Wildman–Crippen MR) is 95.3 cm³/mol. The molecule has 0 bridgehead atoms. The topological polar surface area (TPSA) is 67.6 Å². The maximum atomic E-state index is 12.8. The van der Waals surface area contributed by atoms with Crippen molar-refractivity contribution in [3.8, 4) is 5.75 Å². The third-order valence-corrected chi connectivity index (χ3v) is 4.72. The molecule has 1 aliphatic heterocycles. The largest absolute Gasteiger partial charge is 0.434 e. The first-order valence-corrected chi connectivity index (χ1v) is 8.41. The predicted octanol–water partition coefficient (Wildman–Crippen LogP) is 4.56. The highest BCUT2D eigenvalue weighted by atomic mass is 79.9. The van der Waals surface area contributed by atoms with Crippen LogP contribution in [-0.4, -0.2) is 19.2 Å². The number of alkyl halides is 2. The summed E-state index contributed by atoms with van der Waals surface area (Å²) in [4.78, 5) is 13.8. The zero-order valence-electron chi connectivity index (χ0n) is 12.7. The number of ether oxygens (including phenoxy) is 1. The number of rotatable bonds is 4. The maximum Gasteiger partial charge on any atom is 0.387 e. The number of hydrogen-bond acceptors (Lipinski definition) is 3. The van der Waals surface area contributed by atoms with Crippen LogP contribution < -0.4 is 20.7 Å². The number of urea groups is 1. The van der Waals surface area contributed by atoms with Gasteiger partial charge in [-0.05, 0) is 30.3 Å². The Morgan fingerprint density at radius 1 is 1.36 bits per heavy atom. The lowest BCUT2D eigenvalue weighted by molar-refractivity contribution is -0.0506. The Balaban J connectivity index is 2.10. The van der Waals surface area contributed by atoms with E-state index in [4.69, 9.17) is 17.3 Å². The molecule has 1 unspecified atom stereocenters. The SMILES string of the molecule is Nc1ccc(Cl)cc1N1C(=O)NCC1c1c(Br)cccc1OC(F)F. The lowest BCUT2D eigenvalue weighted by Gasteiger charge is -2.27. The molecule has 5 nitrogen and oxygen atoms in total. The van der Waals surface area contributed by atoms with E-state index in [0.717, 1.165) is 0 Å². The van der Waals surface area contributed by atoms with E-state index < -0.39 is 18.7 Å². The minimum absolute atomic E-state index is 0.0172. The molecule has 1 aliphatic rings. The van der Waals surface area contributed by atoms with Crippen molar-refractivity contribution in [2.24, 2.45) is 0 Å². The minimum atomic E-state index is -2.98. The Hall–Kier alpha value is -2.06. The molecular weight excluding hydrogens is 420 g/mol. The van der Waals surface area contributed by atoms with E-state index >= 15 is 0 Å². The quantitative estimate of drug-likeness (QED) is 0.696. The van der Waals surface area contributed by atoms with Gasteiger partial charge in [0.1, 0.15) is 5.75 Å². The molecule has 0 spiro atoms. The normalized spacial score (nSPS) is 17.1. The fourth-order valence-electron chi connectivity index (χ4n) is 2.78. The van der Waals surface area contributed by atoms with Gasteiger partial charge in [-0.2, -0.15) is 8.78 Å². The molecule has 0 aromatic heterocycles. The Kier molecular flexibility index (Phi) is 5.01. The van der Waals surface area contributed by atoms with E-state index in [0.29, 0.717) is 26.4 Å². The molecule has 1 heterocycles. The maximum absolute atomic E-state index is 12.8. The highest BCUT2D eigenvalue weighted by Gasteiger charge is 2.37. The number of benzene rings is 2. The second kappa shape index (κ2) is 7.05. The van der Waals surface area contributed by atoms with Gasteiger partial charge in [-0.3, -0.25) is 4.90 Å². The minimum Gasteiger partial charge on any atom is -0.434 e. The fraction of sp³-hybridized carbons (Fsp3) is 0.188. The van der Waals surface area contributed by atoms with Gasteiger partial charge in [0.15, 0.2) is 0 Å². The summed E-state index contributed by atoms with van der Waals surface area (Å²) < 4.78 is 30.7. The van der Waals surface area contributed by atoms with Gasteiger partial charge >= 0.3 is 12.6 Å². The average molecular weight is 433 g/mol. The molecule has 1 saturated heterocycles. The number of nitrogen functional groups attached to an aromatic ring is 1. The Bertz CT molecular complexity index is 822. The number of carbonyl (C=O) groups excluding carboxylic acids is 1. The number of amides is 2. The number of carbonyl (C=O) groups is 1. The lowest BCUT2D eigenvalue weighted by atomic mass is 10.0. The molecule has 0 aliphatic carbocycles. The number of anilines is 2. The molecule has 1 atom stereocenters. The van der Waals surface area contributed by atoms with E-state index in [1.54, 1.807) is 30.3 Å². The van der Waals surface area contributed by atoms with Crippen molar-refractivity contribution in [1.29, 1.82) is 0 Å². The monoisotopic (exact) mass is 431 g/mol. The molecule has 132 valence electrons. The van der Waals surface area contributed by atoms with Crippen LogP contribution in [0, 0.1) is 0 Å². The van der Waals surface area contributed by atoms with E-state index in [-0.39, 0.29) is 12.3 Å². The molecule has 0 radical (unpaired) electrons. The fourth-order valence-corrected chi connectivity index (χ4v) is 3.55. The van der Waals surface area contributed by atoms with Crippen LogP contribution in [0.25, 0.3) is 0 Å². The summed E-state index contributed by atoms with van der Waals surface area (Å²) in [6, 6.07) is 8.43. The van der Waals surface area contributed by atoms with Crippen LogP contribution in [0.5, 0.6) is 5.75 Å². The van der Waals surface area contributed by atoms with Crippen molar-refractivity contribution in [2.75, 3.05) is 17.2 Å². The highest BCUT2D eigenvalue weighted by Crippen LogP contribution is 2.42. The van der Waals surface area contributed by atoms with Gasteiger partial charge in [-0.1, -0.05) is 33.6 Å². The number of nitrogens with zero attached hydrogens (tertiary/aromatic N) is 1. The van der Waals surface area contributed by atoms with Gasteiger partial charge in [-0.15, -0.1) is 0 Å². The summed E-state index contributed by atoms with van der Waals surface area (Å²) in [7, 11) is 0. The van der Waals surface area contributed by atoms with Crippen molar-refractivity contribution in [3.63, 3.8) is 0 Å². The summed E-state index contributed by atoms with van der Waals surface area (Å²) in [6.45, 7) is -2.78. The van der Waals surface area contributed by atoms with Crippen LogP contribution in [0.2, 0.25) is 5.02 Å². The van der Waals surface area contributed by atoms with E-state index in [9.17, 15) is 13.6 Å². The molecule has 2 aromatic carbocycles. The van der Waals surface area contributed by atoms with Gasteiger partial charge in [0.2, 0.25) is 0 Å². The number of nitrogens with two attached hydrogens (primary N) is 1. The summed E-state index contributed by atoms with van der Waals surface area (Å²) >= 11 is 9.37. The zero-order valence-corrected chi connectivity index (χ0v) is 15.0. The Morgan fingerprint density at radius 3 is 2.84 bits per heavy atom. The zero-order chi connectivity index (χ0) is 18.1. The molecule has 25 heavy (non-hydrogen) atoms.